The van der Waals surface area contributed by atoms with Gasteiger partial charge in [0.25, 0.3) is 0 Å². The van der Waals surface area contributed by atoms with Crippen LogP contribution in [-0.2, 0) is 4.74 Å². The number of carbonyl (C=O) groups excluding carboxylic acids is 1. The normalized spacial score (nSPS) is 11.9. The summed E-state index contributed by atoms with van der Waals surface area (Å²) in [5.74, 6) is 1.17. The van der Waals surface area contributed by atoms with Gasteiger partial charge in [-0.05, 0) is 51.5 Å². The maximum Gasteiger partial charge on any atom is 0.407 e. The van der Waals surface area contributed by atoms with Crippen LogP contribution >= 0.6 is 24.0 Å². The number of nitrogens with one attached hydrogen (secondary N) is 3. The number of ether oxygens (including phenoxy) is 1. The Hall–Kier alpha value is -2.84. The van der Waals surface area contributed by atoms with Crippen molar-refractivity contribution in [2.45, 2.75) is 38.8 Å². The second-order valence-corrected chi connectivity index (χ2v) is 8.08. The topological polar surface area (TPSA) is 105 Å². The van der Waals surface area contributed by atoms with Crippen LogP contribution in [-0.4, -0.2) is 38.4 Å². The lowest BCUT2D eigenvalue weighted by atomic mass is 10.1. The molecule has 0 aliphatic carbocycles. The van der Waals surface area contributed by atoms with Crippen molar-refractivity contribution in [3.63, 3.8) is 0 Å². The van der Waals surface area contributed by atoms with Crippen molar-refractivity contribution in [3.05, 3.63) is 59.6 Å². The molecular formula is C21H26Cl2N6O2. The van der Waals surface area contributed by atoms with E-state index in [1.807, 2.05) is 51.1 Å². The van der Waals surface area contributed by atoms with Crippen molar-refractivity contribution < 1.29 is 9.53 Å². The highest BCUT2D eigenvalue weighted by Crippen LogP contribution is 2.23. The predicted molar refractivity (Wildman–Crippen MR) is 124 cm³/mol. The van der Waals surface area contributed by atoms with E-state index in [0.717, 1.165) is 11.3 Å². The zero-order valence-electron chi connectivity index (χ0n) is 17.6. The molecule has 0 bridgehead atoms. The van der Waals surface area contributed by atoms with Gasteiger partial charge in [-0.25, -0.2) is 14.8 Å². The Labute approximate surface area is 192 Å². The van der Waals surface area contributed by atoms with Crippen molar-refractivity contribution in [1.29, 1.82) is 0 Å². The van der Waals surface area contributed by atoms with Crippen LogP contribution in [0.3, 0.4) is 0 Å². The maximum absolute atomic E-state index is 11.9. The van der Waals surface area contributed by atoms with Crippen LogP contribution in [0.15, 0.2) is 48.7 Å². The lowest BCUT2D eigenvalue weighted by Crippen LogP contribution is -2.34. The molecule has 0 saturated carbocycles. The first kappa shape index (κ1) is 24.4. The number of anilines is 1. The molecule has 2 heterocycles. The second-order valence-electron chi connectivity index (χ2n) is 7.69. The van der Waals surface area contributed by atoms with Crippen LogP contribution in [0.1, 0.15) is 39.1 Å². The van der Waals surface area contributed by atoms with Crippen LogP contribution in [0.25, 0.3) is 11.4 Å². The fraction of sp³-hybridized carbons (Fsp3) is 0.333. The lowest BCUT2D eigenvalue weighted by Gasteiger charge is -2.21. The molecule has 3 aromatic rings. The van der Waals surface area contributed by atoms with E-state index in [9.17, 15) is 4.79 Å². The molecule has 1 amide bonds. The number of hydrogen-bond acceptors (Lipinski definition) is 6. The number of pyridine rings is 1. The van der Waals surface area contributed by atoms with E-state index < -0.39 is 11.7 Å². The van der Waals surface area contributed by atoms with Gasteiger partial charge in [-0.2, -0.15) is 5.10 Å². The average molecular weight is 465 g/mol. The highest BCUT2D eigenvalue weighted by Gasteiger charge is 2.19. The van der Waals surface area contributed by atoms with Crippen molar-refractivity contribution in [2.24, 2.45) is 0 Å². The zero-order chi connectivity index (χ0) is 21.6. The smallest absolute Gasteiger partial charge is 0.407 e. The van der Waals surface area contributed by atoms with Gasteiger partial charge < -0.3 is 15.4 Å². The first-order valence-electron chi connectivity index (χ1n) is 9.63. The van der Waals surface area contributed by atoms with E-state index in [-0.39, 0.29) is 18.4 Å². The number of amides is 1. The van der Waals surface area contributed by atoms with E-state index >= 15 is 0 Å². The molecule has 0 radical (unpaired) electrons. The molecule has 0 fully saturated rings. The Bertz CT molecular complexity index is 975. The van der Waals surface area contributed by atoms with E-state index in [1.54, 1.807) is 18.3 Å². The largest absolute Gasteiger partial charge is 0.444 e. The highest BCUT2D eigenvalue weighted by molar-refractivity contribution is 6.29. The minimum Gasteiger partial charge on any atom is -0.444 e. The monoisotopic (exact) mass is 464 g/mol. The summed E-state index contributed by atoms with van der Waals surface area (Å²) < 4.78 is 5.29. The fourth-order valence-corrected chi connectivity index (χ4v) is 2.92. The number of hydrogen-bond donors (Lipinski definition) is 3. The molecule has 1 unspecified atom stereocenters. The number of nitrogens with zero attached hydrogens (tertiary/aromatic N) is 3. The Kier molecular flexibility index (Phi) is 8.65. The first-order chi connectivity index (χ1) is 14.3. The molecule has 31 heavy (non-hydrogen) atoms. The number of aromatic amines is 1. The van der Waals surface area contributed by atoms with Gasteiger partial charge >= 0.3 is 6.09 Å². The molecule has 166 valence electrons. The van der Waals surface area contributed by atoms with Crippen molar-refractivity contribution in [2.75, 3.05) is 11.9 Å². The standard InChI is InChI=1S/C21H25ClN6O2.ClH/c1-21(2,3)30-20(29)24-12-10-16(25-15-7-5-4-6-8-15)19-26-18(27-28-19)14-9-11-23-17(22)13-14;/h4-9,11,13,16,25H,10,12H2,1-3H3,(H,24,29)(H,26,27,28);1H. The van der Waals surface area contributed by atoms with Gasteiger partial charge in [0, 0.05) is 24.0 Å². The second kappa shape index (κ2) is 11.0. The SMILES string of the molecule is CC(C)(C)OC(=O)NCCC(Nc1ccccc1)c1nc(-c2ccnc(Cl)c2)n[nH]1.Cl. The summed E-state index contributed by atoms with van der Waals surface area (Å²) in [7, 11) is 0. The summed E-state index contributed by atoms with van der Waals surface area (Å²) in [4.78, 5) is 20.5. The zero-order valence-corrected chi connectivity index (χ0v) is 19.1. The van der Waals surface area contributed by atoms with Gasteiger partial charge in [0.1, 0.15) is 16.6 Å². The van der Waals surface area contributed by atoms with Crippen LogP contribution in [0.2, 0.25) is 5.15 Å². The summed E-state index contributed by atoms with van der Waals surface area (Å²) in [5.41, 5.74) is 1.16. The molecule has 1 aromatic carbocycles. The van der Waals surface area contributed by atoms with Crippen LogP contribution in [0.4, 0.5) is 10.5 Å². The lowest BCUT2D eigenvalue weighted by molar-refractivity contribution is 0.0526. The van der Waals surface area contributed by atoms with E-state index in [1.165, 1.54) is 0 Å². The van der Waals surface area contributed by atoms with Gasteiger partial charge in [-0.3, -0.25) is 5.10 Å². The first-order valence-corrected chi connectivity index (χ1v) is 10.0. The van der Waals surface area contributed by atoms with E-state index in [2.05, 4.69) is 30.8 Å². The Balaban J connectivity index is 0.00000341. The third kappa shape index (κ3) is 7.73. The summed E-state index contributed by atoms with van der Waals surface area (Å²) in [6.07, 6.45) is 1.73. The summed E-state index contributed by atoms with van der Waals surface area (Å²) >= 11 is 5.97. The van der Waals surface area contributed by atoms with Gasteiger partial charge in [0.05, 0.1) is 6.04 Å². The summed E-state index contributed by atoms with van der Waals surface area (Å²) in [5, 5.41) is 13.9. The summed E-state index contributed by atoms with van der Waals surface area (Å²) in [6, 6.07) is 13.1. The molecule has 8 nitrogen and oxygen atoms in total. The molecule has 0 aliphatic heterocycles. The van der Waals surface area contributed by atoms with E-state index in [4.69, 9.17) is 16.3 Å². The molecule has 0 saturated heterocycles. The third-order valence-electron chi connectivity index (χ3n) is 4.03. The van der Waals surface area contributed by atoms with Gasteiger partial charge in [-0.1, -0.05) is 29.8 Å². The number of halogens is 2. The van der Waals surface area contributed by atoms with Gasteiger partial charge in [0.2, 0.25) is 0 Å². The highest BCUT2D eigenvalue weighted by atomic mass is 35.5. The number of para-hydroxylation sites is 1. The molecule has 3 N–H and O–H groups in total. The van der Waals surface area contributed by atoms with Crippen molar-refractivity contribution in [1.82, 2.24) is 25.5 Å². The van der Waals surface area contributed by atoms with Gasteiger partial charge in [-0.15, -0.1) is 12.4 Å². The number of H-pyrrole nitrogens is 1. The van der Waals surface area contributed by atoms with Crippen molar-refractivity contribution in [3.8, 4) is 11.4 Å². The molecule has 0 aliphatic rings. The van der Waals surface area contributed by atoms with E-state index in [0.29, 0.717) is 29.8 Å². The predicted octanol–water partition coefficient (Wildman–Crippen LogP) is 5.01. The average Bonchev–Trinajstić information content (AvgIpc) is 3.17. The maximum atomic E-state index is 11.9. The molecule has 10 heteroatoms. The Morgan fingerprint density at radius 2 is 1.97 bits per heavy atom. The number of rotatable bonds is 7. The number of aromatic nitrogens is 4. The summed E-state index contributed by atoms with van der Waals surface area (Å²) in [6.45, 7) is 5.88. The van der Waals surface area contributed by atoms with Gasteiger partial charge in [0.15, 0.2) is 5.82 Å². The quantitative estimate of drug-likeness (QED) is 0.424. The number of benzene rings is 1. The van der Waals surface area contributed by atoms with Crippen LogP contribution in [0.5, 0.6) is 0 Å². The van der Waals surface area contributed by atoms with Crippen LogP contribution < -0.4 is 10.6 Å². The number of carbonyl (C=O) groups is 1. The minimum atomic E-state index is -0.544. The van der Waals surface area contributed by atoms with Crippen LogP contribution in [0, 0.1) is 0 Å². The molecule has 1 atom stereocenters. The van der Waals surface area contributed by atoms with Crippen molar-refractivity contribution >= 4 is 35.8 Å². The molecule has 2 aromatic heterocycles. The third-order valence-corrected chi connectivity index (χ3v) is 4.24. The molecule has 0 spiro atoms. The minimum absolute atomic E-state index is 0. The fourth-order valence-electron chi connectivity index (χ4n) is 2.75. The number of alkyl carbamates (subject to hydrolysis) is 1. The molecular weight excluding hydrogens is 439 g/mol. The Morgan fingerprint density at radius 3 is 2.65 bits per heavy atom. The Morgan fingerprint density at radius 1 is 1.23 bits per heavy atom. The molecule has 3 rings (SSSR count).